The topological polar surface area (TPSA) is 47.9 Å². The van der Waals surface area contributed by atoms with Gasteiger partial charge in [0.2, 0.25) is 0 Å². The second-order valence-corrected chi connectivity index (χ2v) is 7.60. The van der Waals surface area contributed by atoms with Crippen LogP contribution in [-0.2, 0) is 4.74 Å². The van der Waals surface area contributed by atoms with Crippen LogP contribution in [0, 0.1) is 11.6 Å². The lowest BCUT2D eigenvalue weighted by molar-refractivity contribution is 0.0232. The molecule has 0 aliphatic heterocycles. The Bertz CT molecular complexity index is 892. The number of rotatable bonds is 8. The number of ether oxygens (including phenoxy) is 2. The second kappa shape index (κ2) is 10.4. The van der Waals surface area contributed by atoms with Gasteiger partial charge in [0.15, 0.2) is 5.82 Å². The van der Waals surface area contributed by atoms with E-state index in [4.69, 9.17) is 9.47 Å². The number of benzene rings is 2. The molecule has 1 saturated carbocycles. The third kappa shape index (κ3) is 5.51. The Kier molecular flexibility index (Phi) is 7.69. The molecule has 1 aliphatic rings. The average Bonchev–Trinajstić information content (AvgIpc) is 2.74. The van der Waals surface area contributed by atoms with Gasteiger partial charge in [-0.1, -0.05) is 19.4 Å². The molecule has 2 aromatic rings. The van der Waals surface area contributed by atoms with Crippen LogP contribution >= 0.6 is 0 Å². The van der Waals surface area contributed by atoms with Crippen LogP contribution in [0.3, 0.4) is 0 Å². The van der Waals surface area contributed by atoms with E-state index >= 15 is 0 Å². The summed E-state index contributed by atoms with van der Waals surface area (Å²) < 4.78 is 39.4. The molecule has 0 aromatic heterocycles. The molecule has 3 rings (SSSR count). The Morgan fingerprint density at radius 2 is 1.87 bits per heavy atom. The summed E-state index contributed by atoms with van der Waals surface area (Å²) in [5.74, 6) is -1.94. The Hall–Kier alpha value is -2.60. The molecule has 0 radical (unpaired) electrons. The standard InChI is InChI=1S/C24H27F2NO3/c1-3-4-13-29-18-8-5-16(6-9-18)17-7-11-20(21(25)14-17)24(28)30-19-10-12-23(27-2)22(26)15-19/h7,10-12,14-16,18H,2-6,8-9,13H2,1H3. The van der Waals surface area contributed by atoms with Gasteiger partial charge in [-0.25, -0.2) is 13.6 Å². The van der Waals surface area contributed by atoms with E-state index < -0.39 is 17.6 Å². The summed E-state index contributed by atoms with van der Waals surface area (Å²) in [5, 5.41) is 0. The number of esters is 1. The molecular weight excluding hydrogens is 388 g/mol. The number of aliphatic imine (C=N–C) groups is 1. The number of carbonyl (C=O) groups excluding carboxylic acids is 1. The first-order valence-corrected chi connectivity index (χ1v) is 10.4. The zero-order valence-corrected chi connectivity index (χ0v) is 17.2. The van der Waals surface area contributed by atoms with E-state index in [9.17, 15) is 13.6 Å². The molecule has 0 N–H and O–H groups in total. The Balaban J connectivity index is 1.60. The lowest BCUT2D eigenvalue weighted by Crippen LogP contribution is -2.21. The Morgan fingerprint density at radius 3 is 2.50 bits per heavy atom. The Morgan fingerprint density at radius 1 is 1.10 bits per heavy atom. The smallest absolute Gasteiger partial charge is 0.346 e. The molecular formula is C24H27F2NO3. The van der Waals surface area contributed by atoms with Crippen LogP contribution in [0.4, 0.5) is 14.5 Å². The van der Waals surface area contributed by atoms with Crippen LogP contribution in [0.25, 0.3) is 0 Å². The van der Waals surface area contributed by atoms with Crippen molar-refractivity contribution in [2.24, 2.45) is 4.99 Å². The second-order valence-electron chi connectivity index (χ2n) is 7.60. The fourth-order valence-corrected chi connectivity index (χ4v) is 3.75. The summed E-state index contributed by atoms with van der Waals surface area (Å²) in [7, 11) is 0. The quantitative estimate of drug-likeness (QED) is 0.218. The molecule has 0 heterocycles. The molecule has 160 valence electrons. The van der Waals surface area contributed by atoms with E-state index in [-0.39, 0.29) is 29.0 Å². The monoisotopic (exact) mass is 415 g/mol. The van der Waals surface area contributed by atoms with Crippen molar-refractivity contribution in [2.45, 2.75) is 57.5 Å². The van der Waals surface area contributed by atoms with Crippen LogP contribution in [-0.4, -0.2) is 25.4 Å². The number of nitrogens with zero attached hydrogens (tertiary/aromatic N) is 1. The zero-order valence-electron chi connectivity index (χ0n) is 17.2. The summed E-state index contributed by atoms with van der Waals surface area (Å²) in [5.41, 5.74) is 0.751. The highest BCUT2D eigenvalue weighted by molar-refractivity contribution is 5.91. The molecule has 0 bridgehead atoms. The first kappa shape index (κ1) is 22.1. The van der Waals surface area contributed by atoms with Crippen molar-refractivity contribution in [1.82, 2.24) is 0 Å². The third-order valence-corrected chi connectivity index (χ3v) is 5.51. The van der Waals surface area contributed by atoms with Gasteiger partial charge in [-0.15, -0.1) is 0 Å². The predicted molar refractivity (Wildman–Crippen MR) is 113 cm³/mol. The summed E-state index contributed by atoms with van der Waals surface area (Å²) in [6.07, 6.45) is 6.27. The van der Waals surface area contributed by atoms with E-state index in [0.717, 1.165) is 56.8 Å². The zero-order chi connectivity index (χ0) is 21.5. The van der Waals surface area contributed by atoms with Crippen molar-refractivity contribution in [3.05, 3.63) is 59.2 Å². The maximum Gasteiger partial charge on any atom is 0.346 e. The molecule has 1 aliphatic carbocycles. The van der Waals surface area contributed by atoms with Gasteiger partial charge in [-0.2, -0.15) is 0 Å². The molecule has 1 fully saturated rings. The molecule has 0 amide bonds. The minimum atomic E-state index is -0.870. The number of carbonyl (C=O) groups is 1. The minimum Gasteiger partial charge on any atom is -0.423 e. The van der Waals surface area contributed by atoms with Gasteiger partial charge in [0, 0.05) is 12.7 Å². The van der Waals surface area contributed by atoms with Crippen molar-refractivity contribution in [3.63, 3.8) is 0 Å². The van der Waals surface area contributed by atoms with E-state index in [0.29, 0.717) is 0 Å². The van der Waals surface area contributed by atoms with Crippen molar-refractivity contribution >= 4 is 18.4 Å². The van der Waals surface area contributed by atoms with Crippen molar-refractivity contribution in [2.75, 3.05) is 6.61 Å². The van der Waals surface area contributed by atoms with E-state index in [2.05, 4.69) is 18.6 Å². The van der Waals surface area contributed by atoms with Gasteiger partial charge in [-0.3, -0.25) is 4.99 Å². The minimum absolute atomic E-state index is 0.0187. The summed E-state index contributed by atoms with van der Waals surface area (Å²) >= 11 is 0. The van der Waals surface area contributed by atoms with Crippen molar-refractivity contribution in [1.29, 1.82) is 0 Å². The summed E-state index contributed by atoms with van der Waals surface area (Å²) in [6.45, 7) is 6.20. The lowest BCUT2D eigenvalue weighted by Gasteiger charge is -2.29. The maximum absolute atomic E-state index is 14.6. The molecule has 2 aromatic carbocycles. The van der Waals surface area contributed by atoms with Gasteiger partial charge < -0.3 is 9.47 Å². The molecule has 0 atom stereocenters. The fourth-order valence-electron chi connectivity index (χ4n) is 3.75. The molecule has 0 unspecified atom stereocenters. The highest BCUT2D eigenvalue weighted by atomic mass is 19.1. The first-order chi connectivity index (χ1) is 14.5. The van der Waals surface area contributed by atoms with Gasteiger partial charge >= 0.3 is 5.97 Å². The van der Waals surface area contributed by atoms with Crippen molar-refractivity contribution in [3.8, 4) is 5.75 Å². The van der Waals surface area contributed by atoms with Gasteiger partial charge in [-0.05, 0) is 74.6 Å². The molecule has 4 nitrogen and oxygen atoms in total. The number of hydrogen-bond acceptors (Lipinski definition) is 4. The van der Waals surface area contributed by atoms with Crippen LogP contribution in [0.15, 0.2) is 41.4 Å². The van der Waals surface area contributed by atoms with Gasteiger partial charge in [0.25, 0.3) is 0 Å². The molecule has 0 saturated heterocycles. The van der Waals surface area contributed by atoms with E-state index in [1.54, 1.807) is 6.07 Å². The largest absolute Gasteiger partial charge is 0.423 e. The highest BCUT2D eigenvalue weighted by Gasteiger charge is 2.24. The molecule has 30 heavy (non-hydrogen) atoms. The third-order valence-electron chi connectivity index (χ3n) is 5.51. The number of hydrogen-bond donors (Lipinski definition) is 0. The summed E-state index contributed by atoms with van der Waals surface area (Å²) in [4.78, 5) is 15.8. The van der Waals surface area contributed by atoms with Crippen LogP contribution < -0.4 is 4.74 Å². The Labute approximate surface area is 175 Å². The normalized spacial score (nSPS) is 18.8. The number of unbranched alkanes of at least 4 members (excludes halogenated alkanes) is 1. The van der Waals surface area contributed by atoms with Gasteiger partial charge in [0.1, 0.15) is 11.6 Å². The molecule has 6 heteroatoms. The van der Waals surface area contributed by atoms with Gasteiger partial charge in [0.05, 0.1) is 17.4 Å². The van der Waals surface area contributed by atoms with Crippen LogP contribution in [0.5, 0.6) is 5.75 Å². The van der Waals surface area contributed by atoms with Crippen molar-refractivity contribution < 1.29 is 23.0 Å². The lowest BCUT2D eigenvalue weighted by atomic mass is 9.82. The van der Waals surface area contributed by atoms with E-state index in [1.165, 1.54) is 24.3 Å². The maximum atomic E-state index is 14.6. The molecule has 0 spiro atoms. The first-order valence-electron chi connectivity index (χ1n) is 10.4. The van der Waals surface area contributed by atoms with Crippen LogP contribution in [0.1, 0.15) is 67.3 Å². The predicted octanol–water partition coefficient (Wildman–Crippen LogP) is 6.36. The highest BCUT2D eigenvalue weighted by Crippen LogP contribution is 2.35. The summed E-state index contributed by atoms with van der Waals surface area (Å²) in [6, 6.07) is 8.37. The number of halogens is 2. The average molecular weight is 415 g/mol. The van der Waals surface area contributed by atoms with Crippen LogP contribution in [0.2, 0.25) is 0 Å². The SMILES string of the molecule is C=Nc1ccc(OC(=O)c2ccc(C3CCC(OCCCC)CC3)cc2F)cc1F. The van der Waals surface area contributed by atoms with E-state index in [1.807, 2.05) is 0 Å². The fraction of sp³-hybridized carbons (Fsp3) is 0.417.